The molecule has 0 bridgehead atoms. The van der Waals surface area contributed by atoms with E-state index in [1.54, 1.807) is 12.5 Å². The largest absolute Gasteiger partial charge is 0.341 e. The first-order valence-corrected chi connectivity index (χ1v) is 8.68. The Bertz CT molecular complexity index is 596. The van der Waals surface area contributed by atoms with Crippen LogP contribution >= 0.6 is 0 Å². The molecule has 3 aliphatic rings. The third kappa shape index (κ3) is 2.99. The molecule has 3 fully saturated rings. The Balaban J connectivity index is 1.43. The highest BCUT2D eigenvalue weighted by atomic mass is 16.2. The molecule has 4 rings (SSSR count). The second kappa shape index (κ2) is 5.65. The zero-order valence-corrected chi connectivity index (χ0v) is 13.5. The first kappa shape index (κ1) is 14.7. The van der Waals surface area contributed by atoms with Gasteiger partial charge in [-0.15, -0.1) is 0 Å². The van der Waals surface area contributed by atoms with Crippen LogP contribution in [0.2, 0.25) is 0 Å². The van der Waals surface area contributed by atoms with Gasteiger partial charge in [0.15, 0.2) is 0 Å². The van der Waals surface area contributed by atoms with Gasteiger partial charge in [-0.2, -0.15) is 0 Å². The SMILES string of the molecule is O=C(Cn1ccnc1)N1CCC[C@]2(CCC(=O)N(C3CC3)C2)C1. The third-order valence-corrected chi connectivity index (χ3v) is 5.57. The van der Waals surface area contributed by atoms with Crippen molar-refractivity contribution in [1.82, 2.24) is 19.4 Å². The van der Waals surface area contributed by atoms with Crippen LogP contribution in [0.1, 0.15) is 38.5 Å². The fourth-order valence-corrected chi connectivity index (χ4v) is 4.15. The summed E-state index contributed by atoms with van der Waals surface area (Å²) in [5.74, 6) is 0.483. The summed E-state index contributed by atoms with van der Waals surface area (Å²) in [6.45, 7) is 2.86. The number of nitrogens with zero attached hydrogens (tertiary/aromatic N) is 4. The molecule has 1 saturated carbocycles. The van der Waals surface area contributed by atoms with Crippen LogP contribution in [0.3, 0.4) is 0 Å². The normalized spacial score (nSPS) is 28.4. The number of hydrogen-bond acceptors (Lipinski definition) is 3. The lowest BCUT2D eigenvalue weighted by Gasteiger charge is -2.48. The number of carbonyl (C=O) groups excluding carboxylic acids is 2. The number of aromatic nitrogens is 2. The third-order valence-electron chi connectivity index (χ3n) is 5.57. The number of hydrogen-bond donors (Lipinski definition) is 0. The molecule has 6 nitrogen and oxygen atoms in total. The fraction of sp³-hybridized carbons (Fsp3) is 0.706. The molecule has 0 unspecified atom stereocenters. The maximum Gasteiger partial charge on any atom is 0.242 e. The first-order valence-electron chi connectivity index (χ1n) is 8.68. The maximum absolute atomic E-state index is 12.6. The van der Waals surface area contributed by atoms with Crippen LogP contribution in [0.15, 0.2) is 18.7 Å². The van der Waals surface area contributed by atoms with Gasteiger partial charge in [0.1, 0.15) is 6.54 Å². The summed E-state index contributed by atoms with van der Waals surface area (Å²) in [7, 11) is 0. The van der Waals surface area contributed by atoms with E-state index < -0.39 is 0 Å². The molecule has 6 heteroatoms. The van der Waals surface area contributed by atoms with E-state index in [0.717, 1.165) is 51.7 Å². The molecular formula is C17H24N4O2. The number of imidazole rings is 1. The molecule has 2 saturated heterocycles. The summed E-state index contributed by atoms with van der Waals surface area (Å²) in [4.78, 5) is 32.8. The molecule has 0 N–H and O–H groups in total. The van der Waals surface area contributed by atoms with Crippen LogP contribution in [0.4, 0.5) is 0 Å². The van der Waals surface area contributed by atoms with Gasteiger partial charge in [0, 0.05) is 49.9 Å². The van der Waals surface area contributed by atoms with Crippen LogP contribution in [-0.2, 0) is 16.1 Å². The van der Waals surface area contributed by atoms with Gasteiger partial charge in [-0.25, -0.2) is 4.98 Å². The van der Waals surface area contributed by atoms with Gasteiger partial charge in [-0.3, -0.25) is 9.59 Å². The summed E-state index contributed by atoms with van der Waals surface area (Å²) in [6.07, 6.45) is 11.3. The molecule has 1 atom stereocenters. The number of rotatable bonds is 3. The van der Waals surface area contributed by atoms with Crippen LogP contribution in [-0.4, -0.2) is 56.8 Å². The van der Waals surface area contributed by atoms with E-state index in [9.17, 15) is 9.59 Å². The molecule has 1 aliphatic carbocycles. The van der Waals surface area contributed by atoms with Crippen molar-refractivity contribution in [2.24, 2.45) is 5.41 Å². The van der Waals surface area contributed by atoms with E-state index in [1.165, 1.54) is 0 Å². The van der Waals surface area contributed by atoms with Crippen molar-refractivity contribution in [1.29, 1.82) is 0 Å². The predicted octanol–water partition coefficient (Wildman–Crippen LogP) is 1.28. The summed E-state index contributed by atoms with van der Waals surface area (Å²) in [5.41, 5.74) is 0.124. The van der Waals surface area contributed by atoms with Gasteiger partial charge < -0.3 is 14.4 Å². The summed E-state index contributed by atoms with van der Waals surface area (Å²) >= 11 is 0. The molecule has 0 radical (unpaired) electrons. The monoisotopic (exact) mass is 316 g/mol. The van der Waals surface area contributed by atoms with Crippen molar-refractivity contribution in [2.45, 2.75) is 51.1 Å². The van der Waals surface area contributed by atoms with Gasteiger partial charge in [0.2, 0.25) is 11.8 Å². The van der Waals surface area contributed by atoms with E-state index in [2.05, 4.69) is 9.88 Å². The van der Waals surface area contributed by atoms with Gasteiger partial charge in [-0.05, 0) is 32.1 Å². The van der Waals surface area contributed by atoms with E-state index in [4.69, 9.17) is 0 Å². The summed E-state index contributed by atoms with van der Waals surface area (Å²) < 4.78 is 1.82. The summed E-state index contributed by atoms with van der Waals surface area (Å²) in [6, 6.07) is 0.483. The Morgan fingerprint density at radius 1 is 1.30 bits per heavy atom. The van der Waals surface area contributed by atoms with Crippen molar-refractivity contribution < 1.29 is 9.59 Å². The molecule has 2 aliphatic heterocycles. The van der Waals surface area contributed by atoms with Crippen LogP contribution in [0, 0.1) is 5.41 Å². The predicted molar refractivity (Wildman–Crippen MR) is 84.4 cm³/mol. The highest BCUT2D eigenvalue weighted by molar-refractivity contribution is 5.78. The van der Waals surface area contributed by atoms with Gasteiger partial charge in [-0.1, -0.05) is 0 Å². The standard InChI is InChI=1S/C17H24N4O2/c22-15-4-6-17(12-21(15)14-2-3-14)5-1-8-20(11-17)16(23)10-19-9-7-18-13-19/h7,9,13-14H,1-6,8,10-12H2/t17-/m0/s1. The van der Waals surface area contributed by atoms with E-state index in [-0.39, 0.29) is 11.3 Å². The van der Waals surface area contributed by atoms with Gasteiger partial charge in [0.05, 0.1) is 6.33 Å². The van der Waals surface area contributed by atoms with Gasteiger partial charge >= 0.3 is 0 Å². The van der Waals surface area contributed by atoms with Crippen molar-refractivity contribution in [3.63, 3.8) is 0 Å². The minimum Gasteiger partial charge on any atom is -0.341 e. The maximum atomic E-state index is 12.6. The highest BCUT2D eigenvalue weighted by Crippen LogP contribution is 2.42. The molecule has 124 valence electrons. The van der Waals surface area contributed by atoms with Crippen molar-refractivity contribution in [3.05, 3.63) is 18.7 Å². The van der Waals surface area contributed by atoms with E-state index >= 15 is 0 Å². The quantitative estimate of drug-likeness (QED) is 0.844. The minimum absolute atomic E-state index is 0.124. The van der Waals surface area contributed by atoms with E-state index in [1.807, 2.05) is 15.7 Å². The van der Waals surface area contributed by atoms with Crippen molar-refractivity contribution in [2.75, 3.05) is 19.6 Å². The zero-order chi connectivity index (χ0) is 15.9. The zero-order valence-electron chi connectivity index (χ0n) is 13.5. The molecule has 3 heterocycles. The topological polar surface area (TPSA) is 58.4 Å². The molecule has 0 aromatic carbocycles. The Hall–Kier alpha value is -1.85. The average Bonchev–Trinajstić information content (AvgIpc) is 3.28. The second-order valence-corrected chi connectivity index (χ2v) is 7.41. The smallest absolute Gasteiger partial charge is 0.242 e. The molecule has 23 heavy (non-hydrogen) atoms. The van der Waals surface area contributed by atoms with Crippen LogP contribution < -0.4 is 0 Å². The molecule has 1 aromatic heterocycles. The van der Waals surface area contributed by atoms with Crippen LogP contribution in [0.5, 0.6) is 0 Å². The Labute approximate surface area is 136 Å². The minimum atomic E-state index is 0.124. The lowest BCUT2D eigenvalue weighted by atomic mass is 9.73. The number of piperidine rings is 2. The number of carbonyl (C=O) groups is 2. The van der Waals surface area contributed by atoms with Crippen LogP contribution in [0.25, 0.3) is 0 Å². The number of likely N-dealkylation sites (tertiary alicyclic amines) is 2. The highest BCUT2D eigenvalue weighted by Gasteiger charge is 2.46. The van der Waals surface area contributed by atoms with E-state index in [0.29, 0.717) is 24.9 Å². The Morgan fingerprint density at radius 3 is 2.91 bits per heavy atom. The molecule has 1 spiro atoms. The molecular weight excluding hydrogens is 292 g/mol. The van der Waals surface area contributed by atoms with Crippen molar-refractivity contribution in [3.8, 4) is 0 Å². The molecule has 1 aromatic rings. The molecule has 2 amide bonds. The summed E-state index contributed by atoms with van der Waals surface area (Å²) in [5, 5.41) is 0. The lowest BCUT2D eigenvalue weighted by Crippen LogP contribution is -2.55. The first-order chi connectivity index (χ1) is 11.2. The van der Waals surface area contributed by atoms with Crippen molar-refractivity contribution >= 4 is 11.8 Å². The Morgan fingerprint density at radius 2 is 2.17 bits per heavy atom. The number of amides is 2. The lowest BCUT2D eigenvalue weighted by molar-refractivity contribution is -0.143. The van der Waals surface area contributed by atoms with Gasteiger partial charge in [0.25, 0.3) is 0 Å². The fourth-order valence-electron chi connectivity index (χ4n) is 4.15. The second-order valence-electron chi connectivity index (χ2n) is 7.41. The Kier molecular flexibility index (Phi) is 3.62. The average molecular weight is 316 g/mol.